The van der Waals surface area contributed by atoms with Crippen LogP contribution >= 0.6 is 11.8 Å². The molecule has 3 atom stereocenters. The van der Waals surface area contributed by atoms with Gasteiger partial charge in [-0.1, -0.05) is 23.9 Å². The zero-order valence-electron chi connectivity index (χ0n) is 21.5. The Balaban J connectivity index is 1.40. The molecule has 0 bridgehead atoms. The van der Waals surface area contributed by atoms with E-state index in [0.717, 1.165) is 23.1 Å². The number of aliphatic imine (C=N–C) groups is 1. The van der Waals surface area contributed by atoms with Gasteiger partial charge in [-0.2, -0.15) is 0 Å². The Hall–Kier alpha value is -3.46. The minimum atomic E-state index is -0.878. The first-order valence-electron chi connectivity index (χ1n) is 12.9. The molecule has 1 amide bonds. The highest BCUT2D eigenvalue weighted by Crippen LogP contribution is 2.50. The topological polar surface area (TPSA) is 93.7 Å². The summed E-state index contributed by atoms with van der Waals surface area (Å²) in [7, 11) is 1.57. The van der Waals surface area contributed by atoms with Gasteiger partial charge in [-0.05, 0) is 54.7 Å². The Kier molecular flexibility index (Phi) is 6.34. The molecule has 38 heavy (non-hydrogen) atoms. The number of benzene rings is 1. The Labute approximate surface area is 225 Å². The maximum atomic E-state index is 15.4. The number of carbonyl (C=O) groups is 1. The van der Waals surface area contributed by atoms with Crippen LogP contribution in [0.3, 0.4) is 0 Å². The highest BCUT2D eigenvalue weighted by molar-refractivity contribution is 8.13. The molecule has 2 N–H and O–H groups in total. The molecule has 2 aromatic heterocycles. The smallest absolute Gasteiger partial charge is 0.255 e. The Morgan fingerprint density at radius 1 is 1.24 bits per heavy atom. The number of pyridine rings is 2. The minimum Gasteiger partial charge on any atom is -0.481 e. The molecule has 196 valence electrons. The highest BCUT2D eigenvalue weighted by Gasteiger charge is 2.50. The van der Waals surface area contributed by atoms with Crippen LogP contribution in [-0.2, 0) is 18.4 Å². The third-order valence-corrected chi connectivity index (χ3v) is 9.20. The quantitative estimate of drug-likeness (QED) is 0.542. The average molecular weight is 532 g/mol. The molecule has 2 aliphatic heterocycles. The van der Waals surface area contributed by atoms with Crippen molar-refractivity contribution in [2.24, 2.45) is 16.6 Å². The van der Waals surface area contributed by atoms with Crippen LogP contribution < -0.4 is 10.5 Å². The summed E-state index contributed by atoms with van der Waals surface area (Å²) in [5, 5.41) is 0.447. The van der Waals surface area contributed by atoms with E-state index in [1.807, 2.05) is 36.1 Å². The van der Waals surface area contributed by atoms with Gasteiger partial charge in [0.05, 0.1) is 18.2 Å². The number of hydrogen-bond donors (Lipinski definition) is 1. The zero-order valence-corrected chi connectivity index (χ0v) is 22.3. The molecule has 0 spiro atoms. The van der Waals surface area contributed by atoms with Gasteiger partial charge in [0.15, 0.2) is 5.17 Å². The molecule has 6 rings (SSSR count). The summed E-state index contributed by atoms with van der Waals surface area (Å²) in [6.45, 7) is 3.21. The molecule has 1 fully saturated rings. The van der Waals surface area contributed by atoms with Gasteiger partial charge in [-0.25, -0.2) is 9.37 Å². The van der Waals surface area contributed by atoms with E-state index in [-0.39, 0.29) is 23.6 Å². The number of amidine groups is 1. The lowest BCUT2D eigenvalue weighted by Crippen LogP contribution is -2.47. The number of likely N-dealkylation sites (tertiary alicyclic amines) is 1. The van der Waals surface area contributed by atoms with E-state index in [1.54, 1.807) is 31.8 Å². The molecule has 1 aliphatic carbocycles. The summed E-state index contributed by atoms with van der Waals surface area (Å²) in [4.78, 5) is 29.3. The van der Waals surface area contributed by atoms with Gasteiger partial charge in [0.25, 0.3) is 5.91 Å². The SMILES string of the molecule is COc1ncc(C(=O)N2CCC(c3ccncc3)C2)c2c1C[C@]1(c3ccc(C)cc3F)N=C(N)SC[C@@H]1C2. The first kappa shape index (κ1) is 24.9. The van der Waals surface area contributed by atoms with Crippen molar-refractivity contribution in [1.82, 2.24) is 14.9 Å². The van der Waals surface area contributed by atoms with Crippen LogP contribution in [-0.4, -0.2) is 51.9 Å². The fourth-order valence-corrected chi connectivity index (χ4v) is 7.28. The molecule has 7 nitrogen and oxygen atoms in total. The second-order valence-electron chi connectivity index (χ2n) is 10.4. The van der Waals surface area contributed by atoms with Crippen LogP contribution in [0.25, 0.3) is 0 Å². The van der Waals surface area contributed by atoms with Crippen molar-refractivity contribution in [2.75, 3.05) is 26.0 Å². The number of aryl methyl sites for hydroxylation is 1. The molecule has 3 aromatic rings. The number of carbonyl (C=O) groups excluding carboxylic acids is 1. The van der Waals surface area contributed by atoms with Crippen LogP contribution in [0.15, 0.2) is 53.9 Å². The van der Waals surface area contributed by atoms with Gasteiger partial charge >= 0.3 is 0 Å². The number of fused-ring (bicyclic) bond motifs is 2. The summed E-state index contributed by atoms with van der Waals surface area (Å²) in [6, 6.07) is 9.33. The van der Waals surface area contributed by atoms with Gasteiger partial charge in [0, 0.05) is 66.8 Å². The van der Waals surface area contributed by atoms with E-state index in [1.165, 1.54) is 17.3 Å². The molecule has 9 heteroatoms. The number of halogens is 1. The second-order valence-corrected chi connectivity index (χ2v) is 11.4. The van der Waals surface area contributed by atoms with Crippen LogP contribution in [0.2, 0.25) is 0 Å². The first-order chi connectivity index (χ1) is 18.4. The van der Waals surface area contributed by atoms with E-state index in [4.69, 9.17) is 15.5 Å². The van der Waals surface area contributed by atoms with Crippen molar-refractivity contribution in [2.45, 2.75) is 37.6 Å². The normalized spacial score (nSPS) is 24.4. The zero-order chi connectivity index (χ0) is 26.4. The van der Waals surface area contributed by atoms with Crippen LogP contribution in [0.1, 0.15) is 50.5 Å². The lowest BCUT2D eigenvalue weighted by molar-refractivity contribution is 0.0787. The third kappa shape index (κ3) is 4.13. The van der Waals surface area contributed by atoms with Crippen molar-refractivity contribution in [3.05, 3.63) is 88.1 Å². The average Bonchev–Trinajstić information content (AvgIpc) is 3.42. The number of rotatable bonds is 4. The number of nitrogens with two attached hydrogens (primary N) is 1. The highest BCUT2D eigenvalue weighted by atomic mass is 32.2. The molecule has 3 aliphatic rings. The van der Waals surface area contributed by atoms with Crippen molar-refractivity contribution in [1.29, 1.82) is 0 Å². The summed E-state index contributed by atoms with van der Waals surface area (Å²) in [5.41, 5.74) is 10.3. The lowest BCUT2D eigenvalue weighted by atomic mass is 9.67. The molecule has 1 aromatic carbocycles. The predicted molar refractivity (Wildman–Crippen MR) is 146 cm³/mol. The van der Waals surface area contributed by atoms with E-state index in [9.17, 15) is 4.79 Å². The van der Waals surface area contributed by atoms with E-state index >= 15 is 4.39 Å². The summed E-state index contributed by atoms with van der Waals surface area (Å²) >= 11 is 1.49. The first-order valence-corrected chi connectivity index (χ1v) is 13.9. The Morgan fingerprint density at radius 2 is 2.05 bits per heavy atom. The summed E-state index contributed by atoms with van der Waals surface area (Å²) < 4.78 is 21.1. The third-order valence-electron chi connectivity index (χ3n) is 8.24. The van der Waals surface area contributed by atoms with Gasteiger partial charge in [-0.3, -0.25) is 14.8 Å². The number of hydrogen-bond acceptors (Lipinski definition) is 7. The van der Waals surface area contributed by atoms with Gasteiger partial charge < -0.3 is 15.4 Å². The Bertz CT molecular complexity index is 1430. The van der Waals surface area contributed by atoms with Crippen molar-refractivity contribution < 1.29 is 13.9 Å². The molecular formula is C29H30FN5O2S. The van der Waals surface area contributed by atoms with Gasteiger partial charge in [0.2, 0.25) is 5.88 Å². The standard InChI is InChI=1S/C29H30FN5O2S/c1-17-3-4-24(25(30)11-17)29-13-22-21(12-20(29)16-38-28(31)34-29)23(14-33-26(22)37-2)27(36)35-10-7-19(15-35)18-5-8-32-9-6-18/h3-6,8-9,11,14,19-20H,7,10,12-13,15-16H2,1-2H3,(H2,31,34)/t19?,20-,29-/m0/s1. The number of thioether (sulfide) groups is 1. The van der Waals surface area contributed by atoms with E-state index in [0.29, 0.717) is 53.9 Å². The van der Waals surface area contributed by atoms with Crippen molar-refractivity contribution >= 4 is 22.8 Å². The fraction of sp³-hybridized carbons (Fsp3) is 0.379. The van der Waals surface area contributed by atoms with Crippen LogP contribution in [0.4, 0.5) is 4.39 Å². The summed E-state index contributed by atoms with van der Waals surface area (Å²) in [5.74, 6) is 1.08. The van der Waals surface area contributed by atoms with Crippen molar-refractivity contribution in [3.8, 4) is 5.88 Å². The number of nitrogens with zero attached hydrogens (tertiary/aromatic N) is 4. The molecule has 4 heterocycles. The molecule has 1 saturated heterocycles. The lowest BCUT2D eigenvalue weighted by Gasteiger charge is -2.45. The largest absolute Gasteiger partial charge is 0.481 e. The predicted octanol–water partition coefficient (Wildman–Crippen LogP) is 4.23. The molecule has 0 radical (unpaired) electrons. The fourth-order valence-electron chi connectivity index (χ4n) is 6.29. The second kappa shape index (κ2) is 9.69. The molecule has 0 saturated carbocycles. The number of ether oxygens (including phenoxy) is 1. The van der Waals surface area contributed by atoms with E-state index in [2.05, 4.69) is 9.97 Å². The maximum Gasteiger partial charge on any atom is 0.255 e. The monoisotopic (exact) mass is 531 g/mol. The summed E-state index contributed by atoms with van der Waals surface area (Å²) in [6.07, 6.45) is 7.07. The van der Waals surface area contributed by atoms with Gasteiger partial charge in [-0.15, -0.1) is 0 Å². The number of methoxy groups -OCH3 is 1. The Morgan fingerprint density at radius 3 is 2.82 bits per heavy atom. The number of amides is 1. The molecule has 1 unspecified atom stereocenters. The molecular weight excluding hydrogens is 501 g/mol. The number of aromatic nitrogens is 2. The minimum absolute atomic E-state index is 0.0200. The van der Waals surface area contributed by atoms with Crippen molar-refractivity contribution in [3.63, 3.8) is 0 Å². The maximum absolute atomic E-state index is 15.4. The van der Waals surface area contributed by atoms with Crippen LogP contribution in [0.5, 0.6) is 5.88 Å². The van der Waals surface area contributed by atoms with Crippen LogP contribution in [0, 0.1) is 18.7 Å². The van der Waals surface area contributed by atoms with Gasteiger partial charge in [0.1, 0.15) is 5.82 Å². The van der Waals surface area contributed by atoms with E-state index < -0.39 is 5.54 Å².